The summed E-state index contributed by atoms with van der Waals surface area (Å²) in [6.45, 7) is 5.86. The Kier molecular flexibility index (Phi) is 6.15. The van der Waals surface area contributed by atoms with Gasteiger partial charge in [0.05, 0.1) is 0 Å². The van der Waals surface area contributed by atoms with Crippen LogP contribution in [0.4, 0.5) is 4.79 Å². The largest absolute Gasteiger partial charge is 0.396 e. The van der Waals surface area contributed by atoms with Gasteiger partial charge in [-0.3, -0.25) is 0 Å². The van der Waals surface area contributed by atoms with Crippen LogP contribution in [-0.2, 0) is 6.42 Å². The summed E-state index contributed by atoms with van der Waals surface area (Å²) in [5.74, 6) is 0.0587. The molecule has 4 nitrogen and oxygen atoms in total. The fraction of sp³-hybridized carbons (Fsp3) is 0.615. The number of carbonyl (C=O) groups is 1. The molecule has 0 saturated carbocycles. The quantitative estimate of drug-likeness (QED) is 0.740. The maximum absolute atomic E-state index is 11.7. The van der Waals surface area contributed by atoms with Crippen LogP contribution >= 0.6 is 11.3 Å². The number of nitrogens with one attached hydrogen (secondary N) is 2. The van der Waals surface area contributed by atoms with E-state index in [0.717, 1.165) is 6.42 Å². The minimum atomic E-state index is -0.174. The normalized spacial score (nSPS) is 15.8. The van der Waals surface area contributed by atoms with Crippen molar-refractivity contribution < 1.29 is 9.90 Å². The fourth-order valence-electron chi connectivity index (χ4n) is 1.55. The van der Waals surface area contributed by atoms with Gasteiger partial charge in [-0.05, 0) is 31.2 Å². The highest BCUT2D eigenvalue weighted by atomic mass is 32.1. The van der Waals surface area contributed by atoms with Crippen LogP contribution in [-0.4, -0.2) is 29.8 Å². The van der Waals surface area contributed by atoms with Crippen LogP contribution in [0.25, 0.3) is 0 Å². The number of hydrogen-bond donors (Lipinski definition) is 3. The van der Waals surface area contributed by atoms with Crippen LogP contribution < -0.4 is 10.6 Å². The molecule has 1 heterocycles. The van der Waals surface area contributed by atoms with Gasteiger partial charge >= 0.3 is 6.03 Å². The summed E-state index contributed by atoms with van der Waals surface area (Å²) < 4.78 is 0. The third-order valence-corrected chi connectivity index (χ3v) is 3.86. The van der Waals surface area contributed by atoms with Crippen molar-refractivity contribution in [2.24, 2.45) is 5.92 Å². The molecule has 1 aromatic rings. The number of amides is 2. The number of rotatable bonds is 6. The van der Waals surface area contributed by atoms with Crippen molar-refractivity contribution >= 4 is 17.4 Å². The van der Waals surface area contributed by atoms with Crippen LogP contribution in [0.5, 0.6) is 0 Å². The van der Waals surface area contributed by atoms with Crippen molar-refractivity contribution in [1.82, 2.24) is 10.6 Å². The van der Waals surface area contributed by atoms with E-state index in [9.17, 15) is 4.79 Å². The van der Waals surface area contributed by atoms with E-state index >= 15 is 0 Å². The minimum Gasteiger partial charge on any atom is -0.396 e. The van der Waals surface area contributed by atoms with Gasteiger partial charge in [0.2, 0.25) is 0 Å². The summed E-state index contributed by atoms with van der Waals surface area (Å²) in [5.41, 5.74) is 0. The topological polar surface area (TPSA) is 61.4 Å². The Morgan fingerprint density at radius 1 is 1.39 bits per heavy atom. The summed E-state index contributed by atoms with van der Waals surface area (Å²) in [7, 11) is 0. The number of urea groups is 1. The first kappa shape index (κ1) is 15.0. The van der Waals surface area contributed by atoms with Crippen molar-refractivity contribution in [1.29, 1.82) is 0 Å². The highest BCUT2D eigenvalue weighted by Gasteiger charge is 2.15. The van der Waals surface area contributed by atoms with Gasteiger partial charge in [-0.1, -0.05) is 13.0 Å². The van der Waals surface area contributed by atoms with Crippen molar-refractivity contribution in [3.8, 4) is 0 Å². The summed E-state index contributed by atoms with van der Waals surface area (Å²) >= 11 is 1.70. The molecule has 1 aromatic heterocycles. The summed E-state index contributed by atoms with van der Waals surface area (Å²) in [6.07, 6.45) is 0.842. The van der Waals surface area contributed by atoms with E-state index in [1.54, 1.807) is 11.3 Å². The highest BCUT2D eigenvalue weighted by Crippen LogP contribution is 2.10. The molecule has 0 radical (unpaired) electrons. The summed E-state index contributed by atoms with van der Waals surface area (Å²) in [5, 5.41) is 16.8. The lowest BCUT2D eigenvalue weighted by atomic mass is 10.1. The van der Waals surface area contributed by atoms with Crippen LogP contribution in [0.15, 0.2) is 17.5 Å². The SMILES string of the molecule is CC(Cc1cccs1)NC(=O)NC(C)C(C)CO. The van der Waals surface area contributed by atoms with Gasteiger partial charge in [0.15, 0.2) is 0 Å². The lowest BCUT2D eigenvalue weighted by Gasteiger charge is -2.21. The second-order valence-corrected chi connectivity index (χ2v) is 5.78. The van der Waals surface area contributed by atoms with Gasteiger partial charge in [0.1, 0.15) is 0 Å². The molecule has 1 rings (SSSR count). The second kappa shape index (κ2) is 7.38. The van der Waals surface area contributed by atoms with Crippen molar-refractivity contribution in [3.63, 3.8) is 0 Å². The van der Waals surface area contributed by atoms with E-state index < -0.39 is 0 Å². The molecule has 0 aliphatic rings. The molecule has 0 aromatic carbocycles. The number of hydrogen-bond acceptors (Lipinski definition) is 3. The Hall–Kier alpha value is -1.07. The summed E-state index contributed by atoms with van der Waals surface area (Å²) in [6, 6.07) is 3.96. The van der Waals surface area contributed by atoms with Crippen molar-refractivity contribution in [3.05, 3.63) is 22.4 Å². The van der Waals surface area contributed by atoms with E-state index in [0.29, 0.717) is 0 Å². The number of aliphatic hydroxyl groups excluding tert-OH is 1. The summed E-state index contributed by atoms with van der Waals surface area (Å²) in [4.78, 5) is 13.0. The average molecular weight is 270 g/mol. The van der Waals surface area contributed by atoms with Crippen LogP contribution in [0.1, 0.15) is 25.6 Å². The van der Waals surface area contributed by atoms with E-state index in [1.807, 2.05) is 32.2 Å². The lowest BCUT2D eigenvalue weighted by Crippen LogP contribution is -2.47. The Labute approximate surface area is 112 Å². The fourth-order valence-corrected chi connectivity index (χ4v) is 2.39. The molecule has 0 bridgehead atoms. The number of aliphatic hydroxyl groups is 1. The standard InChI is InChI=1S/C13H22N2O2S/c1-9(8-16)11(3)15-13(17)14-10(2)7-12-5-4-6-18-12/h4-6,9-11,16H,7-8H2,1-3H3,(H2,14,15,17). The smallest absolute Gasteiger partial charge is 0.315 e. The first-order valence-electron chi connectivity index (χ1n) is 6.23. The average Bonchev–Trinajstić information content (AvgIpc) is 2.79. The Morgan fingerprint density at radius 3 is 2.67 bits per heavy atom. The van der Waals surface area contributed by atoms with E-state index in [-0.39, 0.29) is 30.6 Å². The molecular weight excluding hydrogens is 248 g/mol. The van der Waals surface area contributed by atoms with E-state index in [4.69, 9.17) is 5.11 Å². The number of carbonyl (C=O) groups excluding carboxylic acids is 1. The zero-order valence-electron chi connectivity index (χ0n) is 11.1. The van der Waals surface area contributed by atoms with Gasteiger partial charge in [0.25, 0.3) is 0 Å². The molecule has 102 valence electrons. The van der Waals surface area contributed by atoms with Crippen LogP contribution in [0.3, 0.4) is 0 Å². The Bertz CT molecular complexity index is 354. The Balaban J connectivity index is 2.31. The molecular formula is C13H22N2O2S. The molecule has 2 amide bonds. The van der Waals surface area contributed by atoms with E-state index in [1.165, 1.54) is 4.88 Å². The van der Waals surface area contributed by atoms with Gasteiger partial charge < -0.3 is 15.7 Å². The van der Waals surface area contributed by atoms with Crippen molar-refractivity contribution in [2.75, 3.05) is 6.61 Å². The first-order chi connectivity index (χ1) is 8.52. The highest BCUT2D eigenvalue weighted by molar-refractivity contribution is 7.09. The molecule has 3 unspecified atom stereocenters. The first-order valence-corrected chi connectivity index (χ1v) is 7.11. The molecule has 5 heteroatoms. The zero-order chi connectivity index (χ0) is 13.5. The van der Waals surface area contributed by atoms with Gasteiger partial charge in [-0.25, -0.2) is 4.79 Å². The molecule has 0 aliphatic heterocycles. The van der Waals surface area contributed by atoms with Crippen LogP contribution in [0, 0.1) is 5.92 Å². The predicted octanol–water partition coefficient (Wildman–Crippen LogP) is 2.00. The zero-order valence-corrected chi connectivity index (χ0v) is 12.0. The molecule has 18 heavy (non-hydrogen) atoms. The monoisotopic (exact) mass is 270 g/mol. The van der Waals surface area contributed by atoms with Gasteiger partial charge in [-0.2, -0.15) is 0 Å². The third-order valence-electron chi connectivity index (χ3n) is 2.97. The van der Waals surface area contributed by atoms with E-state index in [2.05, 4.69) is 16.7 Å². The third kappa shape index (κ3) is 5.06. The minimum absolute atomic E-state index is 0.0380. The second-order valence-electron chi connectivity index (χ2n) is 4.75. The maximum atomic E-state index is 11.7. The van der Waals surface area contributed by atoms with Crippen molar-refractivity contribution in [2.45, 2.75) is 39.3 Å². The molecule has 0 fully saturated rings. The van der Waals surface area contributed by atoms with Gasteiger partial charge in [-0.15, -0.1) is 11.3 Å². The molecule has 3 atom stereocenters. The Morgan fingerprint density at radius 2 is 2.11 bits per heavy atom. The van der Waals surface area contributed by atoms with Crippen LogP contribution in [0.2, 0.25) is 0 Å². The van der Waals surface area contributed by atoms with Gasteiger partial charge in [0, 0.05) is 30.0 Å². The molecule has 0 spiro atoms. The molecule has 0 saturated heterocycles. The number of thiophene rings is 1. The molecule has 3 N–H and O–H groups in total. The molecule has 0 aliphatic carbocycles. The maximum Gasteiger partial charge on any atom is 0.315 e. The predicted molar refractivity (Wildman–Crippen MR) is 74.9 cm³/mol. The lowest BCUT2D eigenvalue weighted by molar-refractivity contribution is 0.199.